The third-order valence-corrected chi connectivity index (χ3v) is 6.95. The maximum atomic E-state index is 14.3. The first kappa shape index (κ1) is 26.3. The number of nitrogens with one attached hydrogen (secondary N) is 2. The number of ether oxygens (including phenoxy) is 2. The molecule has 2 N–H and O–H groups in total. The average molecular weight is 532 g/mol. The quantitative estimate of drug-likeness (QED) is 0.448. The number of carbonyl (C=O) groups is 3. The van der Waals surface area contributed by atoms with Crippen molar-refractivity contribution in [1.29, 1.82) is 0 Å². The van der Waals surface area contributed by atoms with Crippen LogP contribution in [-0.4, -0.2) is 36.5 Å². The van der Waals surface area contributed by atoms with Crippen LogP contribution in [-0.2, 0) is 14.4 Å². The summed E-state index contributed by atoms with van der Waals surface area (Å²) in [4.78, 5) is 41.4. The van der Waals surface area contributed by atoms with E-state index in [0.717, 1.165) is 32.1 Å². The van der Waals surface area contributed by atoms with Crippen LogP contribution in [0.25, 0.3) is 0 Å². The predicted octanol–water partition coefficient (Wildman–Crippen LogP) is 4.91. The minimum absolute atomic E-state index is 0.0219. The van der Waals surface area contributed by atoms with Crippen LogP contribution in [0.3, 0.4) is 0 Å². The number of benzene rings is 2. The molecule has 0 unspecified atom stereocenters. The average Bonchev–Trinajstić information content (AvgIpc) is 3.36. The summed E-state index contributed by atoms with van der Waals surface area (Å²) in [5.41, 5.74) is 0.901. The largest absolute Gasteiger partial charge is 0.485 e. The number of carbonyl (C=O) groups excluding carboxylic acids is 3. The molecule has 3 amide bonds. The van der Waals surface area contributed by atoms with E-state index in [1.807, 2.05) is 6.07 Å². The SMILES string of the molecule is CC(=O)Nc1cccc(N(C(=O)[C@H]2COc3ccccc3O2)[C@H](C(=O)NC2CCCCC2)c2ccc(C)o2)c1. The molecule has 2 atom stereocenters. The van der Waals surface area contributed by atoms with E-state index in [0.29, 0.717) is 34.4 Å². The van der Waals surface area contributed by atoms with Crippen LogP contribution < -0.4 is 25.0 Å². The van der Waals surface area contributed by atoms with Crippen LogP contribution in [0.2, 0.25) is 0 Å². The lowest BCUT2D eigenvalue weighted by molar-refractivity contribution is -0.132. The maximum absolute atomic E-state index is 14.3. The molecular weight excluding hydrogens is 498 g/mol. The molecule has 39 heavy (non-hydrogen) atoms. The summed E-state index contributed by atoms with van der Waals surface area (Å²) in [6.07, 6.45) is 4.00. The van der Waals surface area contributed by atoms with Gasteiger partial charge in [0.15, 0.2) is 17.5 Å². The van der Waals surface area contributed by atoms with Gasteiger partial charge in [0.05, 0.1) is 0 Å². The normalized spacial score (nSPS) is 17.6. The second-order valence-electron chi connectivity index (χ2n) is 10.00. The van der Waals surface area contributed by atoms with Gasteiger partial charge in [0, 0.05) is 24.3 Å². The second kappa shape index (κ2) is 11.6. The van der Waals surface area contributed by atoms with Crippen molar-refractivity contribution < 1.29 is 28.3 Å². The molecule has 2 heterocycles. The van der Waals surface area contributed by atoms with Gasteiger partial charge >= 0.3 is 0 Å². The van der Waals surface area contributed by atoms with Gasteiger partial charge in [-0.05, 0) is 62.2 Å². The van der Waals surface area contributed by atoms with E-state index in [2.05, 4.69) is 10.6 Å². The van der Waals surface area contributed by atoms with Gasteiger partial charge in [-0.25, -0.2) is 0 Å². The second-order valence-corrected chi connectivity index (χ2v) is 10.00. The highest BCUT2D eigenvalue weighted by atomic mass is 16.6. The van der Waals surface area contributed by atoms with Gasteiger partial charge in [-0.1, -0.05) is 37.5 Å². The molecule has 1 saturated carbocycles. The van der Waals surface area contributed by atoms with E-state index in [1.54, 1.807) is 61.5 Å². The Hall–Kier alpha value is -4.27. The zero-order chi connectivity index (χ0) is 27.4. The molecule has 204 valence electrons. The summed E-state index contributed by atoms with van der Waals surface area (Å²) in [6, 6.07) is 16.4. The van der Waals surface area contributed by atoms with Crippen molar-refractivity contribution in [3.05, 3.63) is 72.2 Å². The van der Waals surface area contributed by atoms with E-state index in [-0.39, 0.29) is 24.5 Å². The molecule has 0 bridgehead atoms. The third-order valence-electron chi connectivity index (χ3n) is 6.95. The molecule has 2 aromatic carbocycles. The molecule has 3 aromatic rings. The Morgan fingerprint density at radius 2 is 1.72 bits per heavy atom. The Bertz CT molecular complexity index is 1350. The zero-order valence-electron chi connectivity index (χ0n) is 22.1. The lowest BCUT2D eigenvalue weighted by Gasteiger charge is -2.35. The van der Waals surface area contributed by atoms with E-state index >= 15 is 0 Å². The fourth-order valence-corrected chi connectivity index (χ4v) is 5.14. The molecule has 1 aromatic heterocycles. The van der Waals surface area contributed by atoms with Crippen molar-refractivity contribution in [3.63, 3.8) is 0 Å². The number of nitrogens with zero attached hydrogens (tertiary/aromatic N) is 1. The van der Waals surface area contributed by atoms with Gasteiger partial charge in [-0.15, -0.1) is 0 Å². The van der Waals surface area contributed by atoms with E-state index in [4.69, 9.17) is 13.9 Å². The van der Waals surface area contributed by atoms with E-state index in [9.17, 15) is 14.4 Å². The molecule has 9 nitrogen and oxygen atoms in total. The summed E-state index contributed by atoms with van der Waals surface area (Å²) in [5, 5.41) is 5.92. The lowest BCUT2D eigenvalue weighted by Crippen LogP contribution is -2.52. The minimum Gasteiger partial charge on any atom is -0.485 e. The topological polar surface area (TPSA) is 110 Å². The first-order valence-corrected chi connectivity index (χ1v) is 13.3. The van der Waals surface area contributed by atoms with Crippen LogP contribution in [0.1, 0.15) is 56.6 Å². The van der Waals surface area contributed by atoms with Crippen LogP contribution in [0.15, 0.2) is 65.1 Å². The first-order chi connectivity index (χ1) is 18.9. The Balaban J connectivity index is 1.55. The highest BCUT2D eigenvalue weighted by Crippen LogP contribution is 2.35. The number of furan rings is 1. The van der Waals surface area contributed by atoms with Crippen LogP contribution in [0.5, 0.6) is 11.5 Å². The van der Waals surface area contributed by atoms with Gasteiger partial charge < -0.3 is 24.5 Å². The molecule has 1 aliphatic carbocycles. The number of hydrogen-bond acceptors (Lipinski definition) is 6. The summed E-state index contributed by atoms with van der Waals surface area (Å²) in [5.74, 6) is 0.884. The van der Waals surface area contributed by atoms with Crippen molar-refractivity contribution in [2.45, 2.75) is 64.1 Å². The molecule has 5 rings (SSSR count). The van der Waals surface area contributed by atoms with Crippen molar-refractivity contribution >= 4 is 29.1 Å². The van der Waals surface area contributed by atoms with Crippen LogP contribution in [0, 0.1) is 6.92 Å². The minimum atomic E-state index is -1.11. The van der Waals surface area contributed by atoms with Gasteiger partial charge in [0.1, 0.15) is 18.1 Å². The zero-order valence-corrected chi connectivity index (χ0v) is 22.1. The summed E-state index contributed by atoms with van der Waals surface area (Å²) >= 11 is 0. The number of rotatable bonds is 7. The van der Waals surface area contributed by atoms with Gasteiger partial charge in [0.2, 0.25) is 12.0 Å². The smallest absolute Gasteiger partial charge is 0.272 e. The molecular formula is C30H33N3O6. The lowest BCUT2D eigenvalue weighted by atomic mass is 9.95. The number of anilines is 2. The molecule has 1 aliphatic heterocycles. The fourth-order valence-electron chi connectivity index (χ4n) is 5.14. The summed E-state index contributed by atoms with van der Waals surface area (Å²) in [7, 11) is 0. The summed E-state index contributed by atoms with van der Waals surface area (Å²) in [6.45, 7) is 3.18. The van der Waals surface area contributed by atoms with E-state index in [1.165, 1.54) is 11.8 Å². The Morgan fingerprint density at radius 3 is 2.44 bits per heavy atom. The molecule has 1 fully saturated rings. The monoisotopic (exact) mass is 531 g/mol. The highest BCUT2D eigenvalue weighted by molar-refractivity contribution is 6.04. The van der Waals surface area contributed by atoms with Crippen LogP contribution >= 0.6 is 0 Å². The van der Waals surface area contributed by atoms with Crippen molar-refractivity contribution in [1.82, 2.24) is 5.32 Å². The summed E-state index contributed by atoms with van der Waals surface area (Å²) < 4.78 is 17.9. The number of amides is 3. The molecule has 2 aliphatic rings. The Morgan fingerprint density at radius 1 is 0.949 bits per heavy atom. The Kier molecular flexibility index (Phi) is 7.86. The maximum Gasteiger partial charge on any atom is 0.272 e. The molecule has 0 radical (unpaired) electrons. The standard InChI is InChI=1S/C30H33N3O6/c1-19-15-16-26(38-19)28(29(35)32-21-9-4-3-5-10-21)33(23-12-8-11-22(17-23)31-20(2)34)30(36)27-18-37-24-13-6-7-14-25(24)39-27/h6-8,11-17,21,27-28H,3-5,9-10,18H2,1-2H3,(H,31,34)(H,32,35)/t27-,28+/m1/s1. The highest BCUT2D eigenvalue weighted by Gasteiger charge is 2.41. The first-order valence-electron chi connectivity index (χ1n) is 13.3. The molecule has 9 heteroatoms. The fraction of sp³-hybridized carbons (Fsp3) is 0.367. The van der Waals surface area contributed by atoms with Crippen molar-refractivity contribution in [3.8, 4) is 11.5 Å². The van der Waals surface area contributed by atoms with Gasteiger partial charge in [-0.2, -0.15) is 0 Å². The number of aryl methyl sites for hydroxylation is 1. The van der Waals surface area contributed by atoms with Gasteiger partial charge in [-0.3, -0.25) is 19.3 Å². The van der Waals surface area contributed by atoms with Crippen LogP contribution in [0.4, 0.5) is 11.4 Å². The van der Waals surface area contributed by atoms with Crippen molar-refractivity contribution in [2.24, 2.45) is 0 Å². The van der Waals surface area contributed by atoms with Gasteiger partial charge in [0.25, 0.3) is 11.8 Å². The number of para-hydroxylation sites is 2. The third kappa shape index (κ3) is 6.08. The molecule has 0 spiro atoms. The number of hydrogen-bond donors (Lipinski definition) is 2. The predicted molar refractivity (Wildman–Crippen MR) is 146 cm³/mol. The van der Waals surface area contributed by atoms with Crippen molar-refractivity contribution in [2.75, 3.05) is 16.8 Å². The van der Waals surface area contributed by atoms with E-state index < -0.39 is 18.1 Å². The molecule has 0 saturated heterocycles. The number of fused-ring (bicyclic) bond motifs is 1. The Labute approximate surface area is 227 Å².